The molecule has 0 amide bonds. The first-order chi connectivity index (χ1) is 7.75. The van der Waals surface area contributed by atoms with Crippen molar-refractivity contribution in [2.45, 2.75) is 12.8 Å². The van der Waals surface area contributed by atoms with E-state index in [0.29, 0.717) is 6.61 Å². The molecule has 1 fully saturated rings. The minimum atomic E-state index is -0.441. The van der Waals surface area contributed by atoms with Crippen LogP contribution in [-0.4, -0.2) is 31.8 Å². The largest absolute Gasteiger partial charge is 0.379 e. The molecule has 16 heavy (non-hydrogen) atoms. The Morgan fingerprint density at radius 3 is 3.06 bits per heavy atom. The predicted molar refractivity (Wildman–Crippen MR) is 61.0 cm³/mol. The summed E-state index contributed by atoms with van der Waals surface area (Å²) in [5.41, 5.74) is 0.836. The van der Waals surface area contributed by atoms with Crippen molar-refractivity contribution in [3.8, 4) is 0 Å². The second-order valence-corrected chi connectivity index (χ2v) is 4.28. The summed E-state index contributed by atoms with van der Waals surface area (Å²) in [5, 5.41) is 0. The van der Waals surface area contributed by atoms with Crippen molar-refractivity contribution in [3.05, 3.63) is 24.3 Å². The van der Waals surface area contributed by atoms with Gasteiger partial charge in [0.25, 0.3) is 0 Å². The molecule has 3 nitrogen and oxygen atoms in total. The Morgan fingerprint density at radius 1 is 1.56 bits per heavy atom. The third kappa shape index (κ3) is 3.45. The van der Waals surface area contributed by atoms with Gasteiger partial charge in [0.2, 0.25) is 5.95 Å². The molecule has 2 rings (SSSR count). The zero-order chi connectivity index (χ0) is 11.4. The van der Waals surface area contributed by atoms with Crippen molar-refractivity contribution in [1.29, 1.82) is 0 Å². The highest BCUT2D eigenvalue weighted by Crippen LogP contribution is 2.28. The molecule has 4 heteroatoms. The molecule has 1 aromatic heterocycles. The van der Waals surface area contributed by atoms with Gasteiger partial charge in [-0.25, -0.2) is 4.98 Å². The van der Waals surface area contributed by atoms with Gasteiger partial charge < -0.3 is 9.64 Å². The number of ether oxygens (including phenoxy) is 1. The normalized spacial score (nSPS) is 15.1. The summed E-state index contributed by atoms with van der Waals surface area (Å²) in [6.45, 7) is 2.34. The number of hydrogen-bond acceptors (Lipinski definition) is 3. The highest BCUT2D eigenvalue weighted by Gasteiger charge is 2.20. The second kappa shape index (κ2) is 5.25. The summed E-state index contributed by atoms with van der Waals surface area (Å²) < 4.78 is 18.4. The van der Waals surface area contributed by atoms with Crippen molar-refractivity contribution in [2.75, 3.05) is 31.7 Å². The first-order valence-corrected chi connectivity index (χ1v) is 5.66. The lowest BCUT2D eigenvalue weighted by Crippen LogP contribution is -2.23. The molecule has 0 aromatic carbocycles. The van der Waals surface area contributed by atoms with Crippen LogP contribution < -0.4 is 4.90 Å². The van der Waals surface area contributed by atoms with E-state index in [-0.39, 0.29) is 0 Å². The van der Waals surface area contributed by atoms with Crippen molar-refractivity contribution in [2.24, 2.45) is 5.92 Å². The van der Waals surface area contributed by atoms with Gasteiger partial charge >= 0.3 is 0 Å². The molecule has 0 spiro atoms. The zero-order valence-electron chi connectivity index (χ0n) is 9.53. The van der Waals surface area contributed by atoms with Gasteiger partial charge in [0, 0.05) is 38.1 Å². The maximum Gasteiger partial charge on any atom is 0.214 e. The van der Waals surface area contributed by atoms with E-state index >= 15 is 0 Å². The molecule has 88 valence electrons. The molecule has 1 aromatic rings. The third-order valence-electron chi connectivity index (χ3n) is 2.77. The summed E-state index contributed by atoms with van der Waals surface area (Å²) in [5.74, 6) is 0.354. The standard InChI is InChI=1S/C12H17FN2O/c1-15(6-7-16-9-10-2-3-10)11-4-5-14-12(13)8-11/h4-5,8,10H,2-3,6-7,9H2,1H3. The van der Waals surface area contributed by atoms with Gasteiger partial charge in [-0.3, -0.25) is 0 Å². The van der Waals surface area contributed by atoms with E-state index in [4.69, 9.17) is 4.74 Å². The summed E-state index contributed by atoms with van der Waals surface area (Å²) in [4.78, 5) is 5.50. The van der Waals surface area contributed by atoms with Crippen LogP contribution in [0.1, 0.15) is 12.8 Å². The lowest BCUT2D eigenvalue weighted by Gasteiger charge is -2.18. The fourth-order valence-electron chi connectivity index (χ4n) is 1.49. The lowest BCUT2D eigenvalue weighted by molar-refractivity contribution is 0.131. The molecule has 0 bridgehead atoms. The van der Waals surface area contributed by atoms with E-state index in [2.05, 4.69) is 4.98 Å². The highest BCUT2D eigenvalue weighted by molar-refractivity contribution is 5.43. The molecule has 1 saturated carbocycles. The van der Waals surface area contributed by atoms with Crippen LogP contribution in [0.3, 0.4) is 0 Å². The number of likely N-dealkylation sites (N-methyl/N-ethyl adjacent to an activating group) is 1. The quantitative estimate of drug-likeness (QED) is 0.546. The van der Waals surface area contributed by atoms with Gasteiger partial charge in [-0.05, 0) is 24.8 Å². The van der Waals surface area contributed by atoms with Gasteiger partial charge in [0.15, 0.2) is 0 Å². The fourth-order valence-corrected chi connectivity index (χ4v) is 1.49. The van der Waals surface area contributed by atoms with Crippen LogP contribution in [0.2, 0.25) is 0 Å². The van der Waals surface area contributed by atoms with Gasteiger partial charge in [-0.2, -0.15) is 4.39 Å². The number of pyridine rings is 1. The van der Waals surface area contributed by atoms with E-state index in [1.165, 1.54) is 25.1 Å². The van der Waals surface area contributed by atoms with Crippen LogP contribution >= 0.6 is 0 Å². The number of anilines is 1. The molecule has 0 unspecified atom stereocenters. The summed E-state index contributed by atoms with van der Waals surface area (Å²) >= 11 is 0. The minimum absolute atomic E-state index is 0.441. The Kier molecular flexibility index (Phi) is 3.72. The van der Waals surface area contributed by atoms with Crippen molar-refractivity contribution >= 4 is 5.69 Å². The fraction of sp³-hybridized carbons (Fsp3) is 0.583. The number of hydrogen-bond donors (Lipinski definition) is 0. The average molecular weight is 224 g/mol. The Balaban J connectivity index is 1.71. The summed E-state index contributed by atoms with van der Waals surface area (Å²) in [6.07, 6.45) is 4.10. The first-order valence-electron chi connectivity index (χ1n) is 5.66. The van der Waals surface area contributed by atoms with Crippen LogP contribution in [-0.2, 0) is 4.74 Å². The number of aromatic nitrogens is 1. The van der Waals surface area contributed by atoms with Gasteiger partial charge in [-0.1, -0.05) is 0 Å². The van der Waals surface area contributed by atoms with Gasteiger partial charge in [-0.15, -0.1) is 0 Å². The Hall–Kier alpha value is -1.16. The number of halogens is 1. The monoisotopic (exact) mass is 224 g/mol. The molecule has 0 saturated heterocycles. The third-order valence-corrected chi connectivity index (χ3v) is 2.77. The smallest absolute Gasteiger partial charge is 0.214 e. The van der Waals surface area contributed by atoms with Crippen LogP contribution in [0, 0.1) is 11.9 Å². The SMILES string of the molecule is CN(CCOCC1CC1)c1ccnc(F)c1. The lowest BCUT2D eigenvalue weighted by atomic mass is 10.3. The van der Waals surface area contributed by atoms with Crippen molar-refractivity contribution in [1.82, 2.24) is 4.98 Å². The molecule has 1 aliphatic carbocycles. The Morgan fingerprint density at radius 2 is 2.38 bits per heavy atom. The van der Waals surface area contributed by atoms with E-state index < -0.39 is 5.95 Å². The average Bonchev–Trinajstić information content (AvgIpc) is 3.08. The topological polar surface area (TPSA) is 25.4 Å². The molecule has 0 N–H and O–H groups in total. The van der Waals surface area contributed by atoms with E-state index in [0.717, 1.165) is 24.8 Å². The van der Waals surface area contributed by atoms with Gasteiger partial charge in [0.05, 0.1) is 6.61 Å². The first kappa shape index (κ1) is 11.3. The Labute approximate surface area is 95.2 Å². The maximum absolute atomic E-state index is 12.9. The van der Waals surface area contributed by atoms with Crippen LogP contribution in [0.5, 0.6) is 0 Å². The Bertz CT molecular complexity index is 342. The van der Waals surface area contributed by atoms with Crippen molar-refractivity contribution < 1.29 is 9.13 Å². The molecule has 0 radical (unpaired) electrons. The summed E-state index contributed by atoms with van der Waals surface area (Å²) in [7, 11) is 1.93. The van der Waals surface area contributed by atoms with Crippen molar-refractivity contribution in [3.63, 3.8) is 0 Å². The number of rotatable bonds is 6. The van der Waals surface area contributed by atoms with Crippen LogP contribution in [0.25, 0.3) is 0 Å². The predicted octanol–water partition coefficient (Wildman–Crippen LogP) is 2.08. The molecule has 0 atom stereocenters. The van der Waals surface area contributed by atoms with Gasteiger partial charge in [0.1, 0.15) is 0 Å². The number of nitrogens with zero attached hydrogens (tertiary/aromatic N) is 2. The molecule has 1 aliphatic rings. The van der Waals surface area contributed by atoms with E-state index in [1.807, 2.05) is 11.9 Å². The maximum atomic E-state index is 12.9. The second-order valence-electron chi connectivity index (χ2n) is 4.28. The highest BCUT2D eigenvalue weighted by atomic mass is 19.1. The zero-order valence-corrected chi connectivity index (χ0v) is 9.53. The van der Waals surface area contributed by atoms with Crippen LogP contribution in [0.15, 0.2) is 18.3 Å². The molecular formula is C12H17FN2O. The molecular weight excluding hydrogens is 207 g/mol. The molecule has 0 aliphatic heterocycles. The summed E-state index contributed by atoms with van der Waals surface area (Å²) in [6, 6.07) is 3.23. The van der Waals surface area contributed by atoms with E-state index in [9.17, 15) is 4.39 Å². The van der Waals surface area contributed by atoms with Crippen LogP contribution in [0.4, 0.5) is 10.1 Å². The van der Waals surface area contributed by atoms with E-state index in [1.54, 1.807) is 6.07 Å². The molecule has 1 heterocycles. The minimum Gasteiger partial charge on any atom is -0.379 e.